The summed E-state index contributed by atoms with van der Waals surface area (Å²) >= 11 is 6.00. The Morgan fingerprint density at radius 2 is 1.90 bits per heavy atom. The number of rotatable bonds is 4. The van der Waals surface area contributed by atoms with Crippen LogP contribution in [-0.2, 0) is 0 Å². The highest BCUT2D eigenvalue weighted by atomic mass is 35.5. The first-order valence-corrected chi connectivity index (χ1v) is 10.4. The summed E-state index contributed by atoms with van der Waals surface area (Å²) in [7, 11) is 0. The largest absolute Gasteiger partial charge is 0.370 e. The van der Waals surface area contributed by atoms with Gasteiger partial charge in [-0.15, -0.1) is 0 Å². The number of pyridine rings is 1. The number of nitrogens with two attached hydrogens (primary N) is 1. The highest BCUT2D eigenvalue weighted by molar-refractivity contribution is 6.31. The number of hydrogen-bond acceptors (Lipinski definition) is 4. The zero-order chi connectivity index (χ0) is 21.7. The van der Waals surface area contributed by atoms with Crippen molar-refractivity contribution in [2.75, 3.05) is 24.5 Å². The third-order valence-corrected chi connectivity index (χ3v) is 5.86. The van der Waals surface area contributed by atoms with Crippen LogP contribution in [0.3, 0.4) is 0 Å². The second kappa shape index (κ2) is 7.59. The number of benzene rings is 2. The maximum Gasteiger partial charge on any atom is 0.152 e. The molecule has 1 aliphatic heterocycles. The number of nitrogens with zero attached hydrogens (tertiary/aromatic N) is 3. The molecule has 3 N–H and O–H groups in total. The molecule has 158 valence electrons. The molecule has 3 heterocycles. The highest BCUT2D eigenvalue weighted by Crippen LogP contribution is 2.41. The van der Waals surface area contributed by atoms with Crippen LogP contribution in [0, 0.1) is 24.5 Å². The van der Waals surface area contributed by atoms with Crippen molar-refractivity contribution in [1.29, 1.82) is 0 Å². The summed E-state index contributed by atoms with van der Waals surface area (Å²) in [6.07, 6.45) is 3.42. The average molecular weight is 440 g/mol. The topological polar surface area (TPSA) is 70.8 Å². The quantitative estimate of drug-likeness (QED) is 0.473. The van der Waals surface area contributed by atoms with E-state index < -0.39 is 5.82 Å². The first-order valence-electron chi connectivity index (χ1n) is 9.98. The lowest BCUT2D eigenvalue weighted by atomic mass is 9.94. The predicted molar refractivity (Wildman–Crippen MR) is 119 cm³/mol. The van der Waals surface area contributed by atoms with Crippen molar-refractivity contribution in [2.24, 2.45) is 11.7 Å². The van der Waals surface area contributed by atoms with Gasteiger partial charge in [0.1, 0.15) is 17.2 Å². The van der Waals surface area contributed by atoms with E-state index in [-0.39, 0.29) is 16.4 Å². The van der Waals surface area contributed by atoms with Gasteiger partial charge in [-0.1, -0.05) is 17.7 Å². The van der Waals surface area contributed by atoms with E-state index >= 15 is 0 Å². The fourth-order valence-electron chi connectivity index (χ4n) is 4.14. The van der Waals surface area contributed by atoms with Crippen LogP contribution in [0.4, 0.5) is 14.5 Å². The summed E-state index contributed by atoms with van der Waals surface area (Å²) in [5.41, 5.74) is 10.5. The number of aryl methyl sites for hydroxylation is 1. The molecule has 0 aliphatic carbocycles. The fraction of sp³-hybridized carbons (Fsp3) is 0.217. The Bertz CT molecular complexity index is 1280. The van der Waals surface area contributed by atoms with Crippen molar-refractivity contribution in [3.05, 3.63) is 64.9 Å². The molecule has 5 nitrogen and oxygen atoms in total. The average Bonchev–Trinajstić information content (AvgIpc) is 3.10. The number of aromatic amines is 1. The minimum absolute atomic E-state index is 0.209. The zero-order valence-electron chi connectivity index (χ0n) is 16.8. The lowest BCUT2D eigenvalue weighted by Crippen LogP contribution is -2.50. The van der Waals surface area contributed by atoms with Crippen LogP contribution in [-0.4, -0.2) is 34.6 Å². The van der Waals surface area contributed by atoms with Crippen LogP contribution in [0.2, 0.25) is 5.02 Å². The van der Waals surface area contributed by atoms with Gasteiger partial charge in [-0.05, 0) is 48.9 Å². The summed E-state index contributed by atoms with van der Waals surface area (Å²) in [4.78, 5) is 14.2. The number of halogens is 3. The fourth-order valence-corrected chi connectivity index (χ4v) is 4.35. The van der Waals surface area contributed by atoms with Gasteiger partial charge in [0.05, 0.1) is 16.8 Å². The van der Waals surface area contributed by atoms with E-state index in [2.05, 4.69) is 19.9 Å². The standard InChI is InChI=1S/C23H20ClF2N5/c1-12-2-14(4-16(25)3-12)17-8-28-9-18(22(17)31-10-13(7-27)11-31)23-29-20-6-15(24)5-19(26)21(20)30-23/h2-6,8-9,13H,7,10-11,27H2,1H3,(H,29,30). The molecular formula is C23H20ClF2N5. The van der Waals surface area contributed by atoms with E-state index in [1.54, 1.807) is 18.5 Å². The maximum atomic E-state index is 14.4. The van der Waals surface area contributed by atoms with Gasteiger partial charge in [0.15, 0.2) is 5.82 Å². The van der Waals surface area contributed by atoms with E-state index in [0.717, 1.165) is 35.5 Å². The number of hydrogen-bond donors (Lipinski definition) is 2. The van der Waals surface area contributed by atoms with Crippen LogP contribution < -0.4 is 10.6 Å². The molecule has 0 atom stereocenters. The molecule has 0 bridgehead atoms. The first-order chi connectivity index (χ1) is 14.9. The predicted octanol–water partition coefficient (Wildman–Crippen LogP) is 4.93. The Morgan fingerprint density at radius 1 is 1.13 bits per heavy atom. The molecule has 1 saturated heterocycles. The molecule has 0 amide bonds. The van der Waals surface area contributed by atoms with Gasteiger partial charge in [0, 0.05) is 42.0 Å². The highest BCUT2D eigenvalue weighted by Gasteiger charge is 2.31. The Hall–Kier alpha value is -3.03. The number of aromatic nitrogens is 3. The van der Waals surface area contributed by atoms with Crippen molar-refractivity contribution in [3.63, 3.8) is 0 Å². The molecule has 31 heavy (non-hydrogen) atoms. The van der Waals surface area contributed by atoms with Crippen LogP contribution in [0.1, 0.15) is 5.56 Å². The summed E-state index contributed by atoms with van der Waals surface area (Å²) in [5.74, 6) is 0.0543. The van der Waals surface area contributed by atoms with Crippen molar-refractivity contribution in [1.82, 2.24) is 15.0 Å². The first kappa shape index (κ1) is 19.9. The third kappa shape index (κ3) is 3.54. The van der Waals surface area contributed by atoms with Crippen LogP contribution in [0.5, 0.6) is 0 Å². The van der Waals surface area contributed by atoms with Gasteiger partial charge in [-0.3, -0.25) is 4.98 Å². The monoisotopic (exact) mass is 439 g/mol. The Kier molecular flexibility index (Phi) is 4.87. The Labute approximate surface area is 182 Å². The van der Waals surface area contributed by atoms with Crippen molar-refractivity contribution >= 4 is 28.3 Å². The minimum Gasteiger partial charge on any atom is -0.370 e. The maximum absolute atomic E-state index is 14.4. The summed E-state index contributed by atoms with van der Waals surface area (Å²) in [6, 6.07) is 7.78. The number of anilines is 1. The lowest BCUT2D eigenvalue weighted by molar-refractivity contribution is 0.421. The van der Waals surface area contributed by atoms with E-state index in [0.29, 0.717) is 29.4 Å². The number of nitrogens with one attached hydrogen (secondary N) is 1. The van der Waals surface area contributed by atoms with Crippen LogP contribution in [0.15, 0.2) is 42.7 Å². The lowest BCUT2D eigenvalue weighted by Gasteiger charge is -2.42. The van der Waals surface area contributed by atoms with E-state index in [9.17, 15) is 8.78 Å². The second-order valence-electron chi connectivity index (χ2n) is 7.98. The van der Waals surface area contributed by atoms with Crippen LogP contribution >= 0.6 is 11.6 Å². The molecule has 0 saturated carbocycles. The van der Waals surface area contributed by atoms with Crippen molar-refractivity contribution < 1.29 is 8.78 Å². The smallest absolute Gasteiger partial charge is 0.152 e. The van der Waals surface area contributed by atoms with Crippen LogP contribution in [0.25, 0.3) is 33.5 Å². The third-order valence-electron chi connectivity index (χ3n) is 5.64. The number of fused-ring (bicyclic) bond motifs is 1. The molecule has 0 unspecified atom stereocenters. The van der Waals surface area contributed by atoms with Gasteiger partial charge in [0.2, 0.25) is 0 Å². The second-order valence-corrected chi connectivity index (χ2v) is 8.41. The Morgan fingerprint density at radius 3 is 2.65 bits per heavy atom. The zero-order valence-corrected chi connectivity index (χ0v) is 17.5. The molecule has 1 aliphatic rings. The van der Waals surface area contributed by atoms with Gasteiger partial charge >= 0.3 is 0 Å². The number of imidazole rings is 1. The van der Waals surface area contributed by atoms with E-state index in [1.165, 1.54) is 18.2 Å². The number of H-pyrrole nitrogens is 1. The molecule has 2 aromatic carbocycles. The molecule has 8 heteroatoms. The molecular weight excluding hydrogens is 420 g/mol. The van der Waals surface area contributed by atoms with E-state index in [4.69, 9.17) is 17.3 Å². The SMILES string of the molecule is Cc1cc(F)cc(-c2cncc(-c3nc4c(F)cc(Cl)cc4[nH]3)c2N2CC(CN)C2)c1. The summed E-state index contributed by atoms with van der Waals surface area (Å²) in [5, 5.41) is 0.288. The van der Waals surface area contributed by atoms with Gasteiger partial charge < -0.3 is 15.6 Å². The van der Waals surface area contributed by atoms with Crippen molar-refractivity contribution in [2.45, 2.75) is 6.92 Å². The van der Waals surface area contributed by atoms with Gasteiger partial charge in [0.25, 0.3) is 0 Å². The minimum atomic E-state index is -0.497. The normalized spacial score (nSPS) is 14.3. The van der Waals surface area contributed by atoms with Gasteiger partial charge in [-0.25, -0.2) is 13.8 Å². The molecule has 5 rings (SSSR count). The molecule has 2 aromatic heterocycles. The summed E-state index contributed by atoms with van der Waals surface area (Å²) < 4.78 is 28.6. The molecule has 1 fully saturated rings. The van der Waals surface area contributed by atoms with Gasteiger partial charge in [-0.2, -0.15) is 0 Å². The molecule has 4 aromatic rings. The Balaban J connectivity index is 1.71. The van der Waals surface area contributed by atoms with E-state index in [1.807, 2.05) is 13.0 Å². The molecule has 0 radical (unpaired) electrons. The van der Waals surface area contributed by atoms with Crippen molar-refractivity contribution in [3.8, 4) is 22.5 Å². The summed E-state index contributed by atoms with van der Waals surface area (Å²) in [6.45, 7) is 3.99. The molecule has 0 spiro atoms.